The van der Waals surface area contributed by atoms with Crippen LogP contribution in [0.2, 0.25) is 0 Å². The predicted molar refractivity (Wildman–Crippen MR) is 178 cm³/mol. The van der Waals surface area contributed by atoms with E-state index in [1.807, 2.05) is 76.4 Å². The number of anilines is 1. The summed E-state index contributed by atoms with van der Waals surface area (Å²) in [5.74, 6) is -2.83. The van der Waals surface area contributed by atoms with Gasteiger partial charge in [0.25, 0.3) is 0 Å². The number of rotatable bonds is 19. The van der Waals surface area contributed by atoms with Gasteiger partial charge in [0.15, 0.2) is 0 Å². The molecule has 12 heteroatoms. The Morgan fingerprint density at radius 1 is 0.933 bits per heavy atom. The van der Waals surface area contributed by atoms with Gasteiger partial charge in [-0.25, -0.2) is 0 Å². The van der Waals surface area contributed by atoms with E-state index in [0.29, 0.717) is 12.8 Å². The molecule has 2 rings (SSSR count). The molecule has 0 saturated carbocycles. The number of thiophene rings is 1. The number of nitrogens with one attached hydrogen (secondary N) is 4. The van der Waals surface area contributed by atoms with Gasteiger partial charge >= 0.3 is 5.97 Å². The lowest BCUT2D eigenvalue weighted by atomic mass is 9.94. The number of nitrogens with two attached hydrogens (primary N) is 1. The molecule has 8 N–H and O–H groups in total. The number of amides is 3. The quantitative estimate of drug-likeness (QED) is 0.122. The number of benzene rings is 1. The van der Waals surface area contributed by atoms with E-state index in [0.717, 1.165) is 16.1 Å². The van der Waals surface area contributed by atoms with Gasteiger partial charge in [0, 0.05) is 23.4 Å². The van der Waals surface area contributed by atoms with E-state index in [9.17, 15) is 24.3 Å². The molecule has 0 bridgehead atoms. The molecule has 1 aromatic carbocycles. The monoisotopic (exact) mass is 645 g/mol. The van der Waals surface area contributed by atoms with Crippen molar-refractivity contribution in [1.29, 1.82) is 0 Å². The van der Waals surface area contributed by atoms with Gasteiger partial charge in [0.05, 0.1) is 24.2 Å². The Morgan fingerprint density at radius 3 is 2.16 bits per heavy atom. The fourth-order valence-electron chi connectivity index (χ4n) is 4.89. The van der Waals surface area contributed by atoms with Gasteiger partial charge < -0.3 is 37.2 Å². The van der Waals surface area contributed by atoms with Crippen molar-refractivity contribution < 1.29 is 29.4 Å². The van der Waals surface area contributed by atoms with E-state index in [1.165, 1.54) is 11.3 Å². The van der Waals surface area contributed by atoms with Crippen LogP contribution in [0, 0.1) is 18.8 Å². The molecular formula is C33H51N5O6S. The molecule has 0 saturated heterocycles. The number of carbonyl (C=O) groups is 4. The first-order valence-electron chi connectivity index (χ1n) is 15.6. The van der Waals surface area contributed by atoms with Gasteiger partial charge in [-0.05, 0) is 62.1 Å². The van der Waals surface area contributed by atoms with Crippen LogP contribution in [0.15, 0.2) is 41.8 Å². The summed E-state index contributed by atoms with van der Waals surface area (Å²) >= 11 is 1.46. The summed E-state index contributed by atoms with van der Waals surface area (Å²) in [6.07, 6.45) is -0.00635. The van der Waals surface area contributed by atoms with E-state index >= 15 is 0 Å². The second-order valence-electron chi connectivity index (χ2n) is 12.3. The van der Waals surface area contributed by atoms with Crippen molar-refractivity contribution in [2.24, 2.45) is 17.6 Å². The molecule has 0 aliphatic carbocycles. The summed E-state index contributed by atoms with van der Waals surface area (Å²) in [6, 6.07) is 7.50. The molecule has 1 heterocycles. The Bertz CT molecular complexity index is 1220. The highest BCUT2D eigenvalue weighted by molar-refractivity contribution is 7.09. The SMILES string of the molecule is CC[C@H](C)[C@H](NC(=O)[C@@H](N)CCC(=O)O)C(=O)N[C@@H](Cc1cccs1)C(=O)N[C@@H](CC(C)C)[C@H](O)[C@@H](C)Nc1ccc(C)cc1. The Kier molecular flexibility index (Phi) is 15.5. The summed E-state index contributed by atoms with van der Waals surface area (Å²) in [6.45, 7) is 11.6. The first-order chi connectivity index (χ1) is 21.2. The van der Waals surface area contributed by atoms with Crippen molar-refractivity contribution in [3.8, 4) is 0 Å². The van der Waals surface area contributed by atoms with Crippen molar-refractivity contribution in [3.05, 3.63) is 52.2 Å². The molecule has 0 radical (unpaired) electrons. The Labute approximate surface area is 270 Å². The molecule has 1 aromatic heterocycles. The number of aliphatic carboxylic acids is 1. The first kappa shape index (κ1) is 37.7. The molecule has 2 aromatic rings. The van der Waals surface area contributed by atoms with Crippen molar-refractivity contribution >= 4 is 40.7 Å². The third kappa shape index (κ3) is 12.8. The van der Waals surface area contributed by atoms with Crippen LogP contribution in [0.25, 0.3) is 0 Å². The minimum atomic E-state index is -1.10. The highest BCUT2D eigenvalue weighted by Crippen LogP contribution is 2.18. The zero-order chi connectivity index (χ0) is 33.7. The maximum atomic E-state index is 13.8. The molecule has 7 atom stereocenters. The van der Waals surface area contributed by atoms with Crippen LogP contribution in [0.3, 0.4) is 0 Å². The van der Waals surface area contributed by atoms with Gasteiger partial charge in [-0.15, -0.1) is 11.3 Å². The second kappa shape index (κ2) is 18.5. The maximum absolute atomic E-state index is 13.8. The third-order valence-electron chi connectivity index (χ3n) is 7.84. The van der Waals surface area contributed by atoms with Crippen LogP contribution in [0.5, 0.6) is 0 Å². The average molecular weight is 646 g/mol. The predicted octanol–water partition coefficient (Wildman–Crippen LogP) is 3.20. The number of carboxylic acid groups (broad SMARTS) is 1. The van der Waals surface area contributed by atoms with Crippen LogP contribution >= 0.6 is 11.3 Å². The second-order valence-corrected chi connectivity index (χ2v) is 13.3. The van der Waals surface area contributed by atoms with Crippen molar-refractivity contribution in [3.63, 3.8) is 0 Å². The van der Waals surface area contributed by atoms with Crippen LogP contribution in [-0.2, 0) is 25.6 Å². The fraction of sp³-hybridized carbons (Fsp3) is 0.576. The Balaban J connectivity index is 2.25. The summed E-state index contributed by atoms with van der Waals surface area (Å²) < 4.78 is 0. The lowest BCUT2D eigenvalue weighted by molar-refractivity contribution is -0.137. The summed E-state index contributed by atoms with van der Waals surface area (Å²) in [7, 11) is 0. The summed E-state index contributed by atoms with van der Waals surface area (Å²) in [4.78, 5) is 52.1. The fourth-order valence-corrected chi connectivity index (χ4v) is 5.65. The largest absolute Gasteiger partial charge is 0.481 e. The smallest absolute Gasteiger partial charge is 0.303 e. The van der Waals surface area contributed by atoms with Crippen LogP contribution in [0.1, 0.15) is 70.7 Å². The molecule has 0 unspecified atom stereocenters. The standard InChI is InChI=1S/C33H51N5O6S/c1-7-21(5)29(38-31(42)25(34)14-15-28(39)40)33(44)37-27(18-24-9-8-16-45-24)32(43)36-26(17-19(2)3)30(41)22(6)35-23-12-10-20(4)11-13-23/h8-13,16,19,21-22,25-27,29-30,35,41H,7,14-15,17-18,34H2,1-6H3,(H,36,43)(H,37,44)(H,38,42)(H,39,40)/t21-,22+,25-,26-,27-,29-,30+/m0/s1. The minimum absolute atomic E-state index is 0.0732. The van der Waals surface area contributed by atoms with Gasteiger partial charge in [-0.1, -0.05) is 57.9 Å². The number of aliphatic hydroxyl groups is 1. The molecule has 0 aliphatic rings. The molecular weight excluding hydrogens is 594 g/mol. The van der Waals surface area contributed by atoms with Gasteiger partial charge in [-0.2, -0.15) is 0 Å². The molecule has 250 valence electrons. The van der Waals surface area contributed by atoms with Gasteiger partial charge in [0.2, 0.25) is 17.7 Å². The van der Waals surface area contributed by atoms with E-state index in [4.69, 9.17) is 10.8 Å². The Hall–Kier alpha value is -3.48. The summed E-state index contributed by atoms with van der Waals surface area (Å²) in [5.41, 5.74) is 7.87. The topological polar surface area (TPSA) is 183 Å². The maximum Gasteiger partial charge on any atom is 0.303 e. The molecule has 45 heavy (non-hydrogen) atoms. The first-order valence-corrected chi connectivity index (χ1v) is 16.5. The number of aryl methyl sites for hydroxylation is 1. The summed E-state index contributed by atoms with van der Waals surface area (Å²) in [5, 5.41) is 34.0. The Morgan fingerprint density at radius 2 is 1.60 bits per heavy atom. The van der Waals surface area contributed by atoms with Crippen molar-refractivity contribution in [2.45, 2.75) is 110 Å². The van der Waals surface area contributed by atoms with Crippen LogP contribution in [0.4, 0.5) is 5.69 Å². The van der Waals surface area contributed by atoms with Crippen LogP contribution < -0.4 is 27.0 Å². The molecule has 0 spiro atoms. The lowest BCUT2D eigenvalue weighted by Gasteiger charge is -2.32. The molecule has 3 amide bonds. The van der Waals surface area contributed by atoms with Crippen molar-refractivity contribution in [1.82, 2.24) is 16.0 Å². The van der Waals surface area contributed by atoms with Gasteiger partial charge in [0.1, 0.15) is 12.1 Å². The van der Waals surface area contributed by atoms with Crippen molar-refractivity contribution in [2.75, 3.05) is 5.32 Å². The zero-order valence-corrected chi connectivity index (χ0v) is 28.0. The molecule has 0 fully saturated rings. The van der Waals surface area contributed by atoms with E-state index in [1.54, 1.807) is 6.92 Å². The highest BCUT2D eigenvalue weighted by atomic mass is 32.1. The van der Waals surface area contributed by atoms with E-state index in [2.05, 4.69) is 21.3 Å². The normalized spacial score (nSPS) is 16.0. The number of hydrogen-bond donors (Lipinski definition) is 7. The number of aliphatic hydroxyl groups excluding tert-OH is 1. The van der Waals surface area contributed by atoms with Crippen LogP contribution in [-0.4, -0.2) is 70.2 Å². The number of carboxylic acids is 1. The third-order valence-corrected chi connectivity index (χ3v) is 8.74. The highest BCUT2D eigenvalue weighted by Gasteiger charge is 2.34. The minimum Gasteiger partial charge on any atom is -0.481 e. The van der Waals surface area contributed by atoms with Gasteiger partial charge in [-0.3, -0.25) is 19.2 Å². The van der Waals surface area contributed by atoms with E-state index in [-0.39, 0.29) is 31.1 Å². The molecule has 11 nitrogen and oxygen atoms in total. The van der Waals surface area contributed by atoms with E-state index < -0.39 is 60.0 Å². The average Bonchev–Trinajstić information content (AvgIpc) is 3.50. The lowest BCUT2D eigenvalue weighted by Crippen LogP contribution is -2.60. The zero-order valence-electron chi connectivity index (χ0n) is 27.2. The molecule has 0 aliphatic heterocycles. The number of carbonyl (C=O) groups excluding carboxylic acids is 3. The number of hydrogen-bond acceptors (Lipinski definition) is 8.